The van der Waals surface area contributed by atoms with Crippen LogP contribution in [0.15, 0.2) is 95.5 Å². The van der Waals surface area contributed by atoms with Gasteiger partial charge in [0.25, 0.3) is 5.91 Å². The summed E-state index contributed by atoms with van der Waals surface area (Å²) in [5.74, 6) is 1.86. The summed E-state index contributed by atoms with van der Waals surface area (Å²) in [4.78, 5) is 20.4. The summed E-state index contributed by atoms with van der Waals surface area (Å²) in [6, 6.07) is 28.3. The maximum Gasteiger partial charge on any atom is 0.251 e. The first kappa shape index (κ1) is 28.1. The third-order valence-electron chi connectivity index (χ3n) is 9.15. The molecule has 3 aliphatic heterocycles. The number of phenolic OH excluding ortho intramolecular Hbond substituents is 1. The van der Waals surface area contributed by atoms with Gasteiger partial charge in [0.15, 0.2) is 0 Å². The molecule has 44 heavy (non-hydrogen) atoms. The SMILES string of the molecule is Cc1ccc(-c2ccc3c(c2)C=C(C(=O)Nc2ccc(CN4CCC(C5C=Nc6ccc(O)cc65)CC4)cc2)CCO3)cc1. The zero-order chi connectivity index (χ0) is 30.0. The van der Waals surface area contributed by atoms with E-state index in [2.05, 4.69) is 76.9 Å². The van der Waals surface area contributed by atoms with Crippen LogP contribution in [0, 0.1) is 12.8 Å². The molecule has 0 aromatic heterocycles. The first-order valence-corrected chi connectivity index (χ1v) is 15.5. The van der Waals surface area contributed by atoms with Gasteiger partial charge in [-0.3, -0.25) is 14.7 Å². The average Bonchev–Trinajstić information content (AvgIpc) is 3.33. The number of piperidine rings is 1. The minimum Gasteiger partial charge on any atom is -0.508 e. The second-order valence-corrected chi connectivity index (χ2v) is 12.2. The highest BCUT2D eigenvalue weighted by molar-refractivity contribution is 6.07. The van der Waals surface area contributed by atoms with Crippen LogP contribution < -0.4 is 10.1 Å². The van der Waals surface area contributed by atoms with E-state index in [9.17, 15) is 9.90 Å². The largest absolute Gasteiger partial charge is 0.508 e. The number of nitrogens with one attached hydrogen (secondary N) is 1. The number of fused-ring (bicyclic) bond motifs is 2. The normalized spacial score (nSPS) is 18.1. The highest BCUT2D eigenvalue weighted by Crippen LogP contribution is 2.42. The smallest absolute Gasteiger partial charge is 0.251 e. The number of benzene rings is 4. The van der Waals surface area contributed by atoms with Crippen molar-refractivity contribution >= 4 is 29.6 Å². The van der Waals surface area contributed by atoms with Crippen LogP contribution in [0.3, 0.4) is 0 Å². The van der Waals surface area contributed by atoms with Gasteiger partial charge in [-0.15, -0.1) is 0 Å². The van der Waals surface area contributed by atoms with E-state index in [1.807, 2.05) is 36.4 Å². The van der Waals surface area contributed by atoms with E-state index in [0.29, 0.717) is 36.2 Å². The highest BCUT2D eigenvalue weighted by atomic mass is 16.5. The van der Waals surface area contributed by atoms with Crippen LogP contribution in [0.1, 0.15) is 47.4 Å². The van der Waals surface area contributed by atoms with Gasteiger partial charge in [0, 0.05) is 41.9 Å². The van der Waals surface area contributed by atoms with Gasteiger partial charge in [-0.1, -0.05) is 48.0 Å². The van der Waals surface area contributed by atoms with Crippen LogP contribution >= 0.6 is 0 Å². The number of ether oxygens (including phenoxy) is 1. The van der Waals surface area contributed by atoms with E-state index in [1.54, 1.807) is 6.07 Å². The van der Waals surface area contributed by atoms with Crippen LogP contribution in [0.25, 0.3) is 17.2 Å². The lowest BCUT2D eigenvalue weighted by atomic mass is 9.81. The summed E-state index contributed by atoms with van der Waals surface area (Å²) in [6.45, 7) is 5.50. The average molecular weight is 584 g/mol. The molecule has 6 nitrogen and oxygen atoms in total. The Balaban J connectivity index is 0.955. The number of rotatable bonds is 6. The first-order valence-electron chi connectivity index (χ1n) is 15.5. The summed E-state index contributed by atoms with van der Waals surface area (Å²) in [7, 11) is 0. The molecule has 4 aromatic rings. The quantitative estimate of drug-likeness (QED) is 0.242. The number of carbonyl (C=O) groups excluding carboxylic acids is 1. The number of aromatic hydroxyl groups is 1. The van der Waals surface area contributed by atoms with Crippen molar-refractivity contribution in [3.05, 3.63) is 113 Å². The van der Waals surface area contributed by atoms with Gasteiger partial charge in [-0.25, -0.2) is 0 Å². The zero-order valence-corrected chi connectivity index (χ0v) is 25.0. The van der Waals surface area contributed by atoms with Gasteiger partial charge in [0.2, 0.25) is 0 Å². The van der Waals surface area contributed by atoms with Crippen molar-refractivity contribution in [3.63, 3.8) is 0 Å². The summed E-state index contributed by atoms with van der Waals surface area (Å²) >= 11 is 0. The second kappa shape index (κ2) is 12.1. The number of hydrogen-bond donors (Lipinski definition) is 2. The minimum absolute atomic E-state index is 0.0950. The number of aryl methyl sites for hydroxylation is 1. The highest BCUT2D eigenvalue weighted by Gasteiger charge is 2.30. The first-order chi connectivity index (χ1) is 21.5. The maximum absolute atomic E-state index is 13.3. The Morgan fingerprint density at radius 1 is 0.955 bits per heavy atom. The summed E-state index contributed by atoms with van der Waals surface area (Å²) in [6.07, 6.45) is 6.79. The van der Waals surface area contributed by atoms with Crippen molar-refractivity contribution in [2.45, 2.75) is 38.6 Å². The van der Waals surface area contributed by atoms with E-state index >= 15 is 0 Å². The Morgan fingerprint density at radius 2 is 1.73 bits per heavy atom. The Labute approximate surface area is 258 Å². The number of nitrogens with zero attached hydrogens (tertiary/aromatic N) is 2. The number of hydrogen-bond acceptors (Lipinski definition) is 5. The molecule has 0 bridgehead atoms. The number of aliphatic imine (C=N–C) groups is 1. The molecule has 1 fully saturated rings. The fourth-order valence-corrected chi connectivity index (χ4v) is 6.60. The van der Waals surface area contributed by atoms with Gasteiger partial charge < -0.3 is 15.2 Å². The molecule has 222 valence electrons. The molecule has 3 aliphatic rings. The fourth-order valence-electron chi connectivity index (χ4n) is 6.60. The van der Waals surface area contributed by atoms with Crippen molar-refractivity contribution in [2.24, 2.45) is 10.9 Å². The van der Waals surface area contributed by atoms with Crippen molar-refractivity contribution in [1.82, 2.24) is 4.90 Å². The van der Waals surface area contributed by atoms with Crippen molar-refractivity contribution in [1.29, 1.82) is 0 Å². The number of amides is 1. The maximum atomic E-state index is 13.3. The number of phenols is 1. The van der Waals surface area contributed by atoms with E-state index in [4.69, 9.17) is 4.74 Å². The van der Waals surface area contributed by atoms with Gasteiger partial charge in [-0.2, -0.15) is 0 Å². The molecule has 0 aliphatic carbocycles. The molecule has 1 unspecified atom stereocenters. The van der Waals surface area contributed by atoms with Crippen molar-refractivity contribution in [2.75, 3.05) is 25.0 Å². The molecular formula is C38H37N3O3. The predicted octanol–water partition coefficient (Wildman–Crippen LogP) is 7.88. The molecule has 0 spiro atoms. The van der Waals surface area contributed by atoms with Gasteiger partial charge in [-0.05, 0) is 110 Å². The number of carbonyl (C=O) groups is 1. The Hall–Kier alpha value is -4.68. The van der Waals surface area contributed by atoms with E-state index < -0.39 is 0 Å². The van der Waals surface area contributed by atoms with E-state index in [1.165, 1.54) is 11.1 Å². The van der Waals surface area contributed by atoms with Crippen LogP contribution in [-0.2, 0) is 11.3 Å². The monoisotopic (exact) mass is 583 g/mol. The molecule has 1 atom stereocenters. The summed E-state index contributed by atoms with van der Waals surface area (Å²) in [5.41, 5.74) is 9.27. The molecule has 1 saturated heterocycles. The summed E-state index contributed by atoms with van der Waals surface area (Å²) < 4.78 is 5.98. The molecule has 6 heteroatoms. The van der Waals surface area contributed by atoms with Crippen LogP contribution in [0.4, 0.5) is 11.4 Å². The topological polar surface area (TPSA) is 74.2 Å². The zero-order valence-electron chi connectivity index (χ0n) is 25.0. The Kier molecular flexibility index (Phi) is 7.75. The van der Waals surface area contributed by atoms with Crippen LogP contribution in [0.5, 0.6) is 11.5 Å². The van der Waals surface area contributed by atoms with Crippen molar-refractivity contribution in [3.8, 4) is 22.6 Å². The van der Waals surface area contributed by atoms with E-state index in [0.717, 1.165) is 71.9 Å². The number of anilines is 1. The van der Waals surface area contributed by atoms with Crippen LogP contribution in [-0.4, -0.2) is 41.8 Å². The third kappa shape index (κ3) is 6.03. The Morgan fingerprint density at radius 3 is 2.52 bits per heavy atom. The molecule has 3 heterocycles. The minimum atomic E-state index is -0.0950. The predicted molar refractivity (Wildman–Crippen MR) is 177 cm³/mol. The molecule has 0 radical (unpaired) electrons. The standard InChI is InChI=1S/C38H37N3O3/c1-25-2-6-27(7-3-25)29-8-13-37-31(20-29)21-30(16-19-44-37)38(43)40-32-9-4-26(5-10-32)24-41-17-14-28(15-18-41)35-23-39-36-12-11-33(42)22-34(35)36/h2-13,20-23,28,35,42H,14-19,24H2,1H3,(H,40,43). The number of likely N-dealkylation sites (tertiary alicyclic amines) is 1. The molecule has 1 amide bonds. The third-order valence-corrected chi connectivity index (χ3v) is 9.15. The Bertz CT molecular complexity index is 1730. The van der Waals surface area contributed by atoms with Crippen LogP contribution in [0.2, 0.25) is 0 Å². The van der Waals surface area contributed by atoms with Gasteiger partial charge in [0.1, 0.15) is 11.5 Å². The molecule has 7 rings (SSSR count). The molecule has 0 saturated carbocycles. The van der Waals surface area contributed by atoms with E-state index in [-0.39, 0.29) is 5.91 Å². The molecule has 2 N–H and O–H groups in total. The second-order valence-electron chi connectivity index (χ2n) is 12.2. The fraction of sp³-hybridized carbons (Fsp3) is 0.263. The molecular weight excluding hydrogens is 546 g/mol. The van der Waals surface area contributed by atoms with Gasteiger partial charge >= 0.3 is 0 Å². The van der Waals surface area contributed by atoms with Gasteiger partial charge in [0.05, 0.1) is 12.3 Å². The lowest BCUT2D eigenvalue weighted by Crippen LogP contribution is -2.35. The van der Waals surface area contributed by atoms with Crippen molar-refractivity contribution < 1.29 is 14.6 Å². The lowest BCUT2D eigenvalue weighted by molar-refractivity contribution is -0.113. The lowest BCUT2D eigenvalue weighted by Gasteiger charge is -2.34. The summed E-state index contributed by atoms with van der Waals surface area (Å²) in [5, 5.41) is 13.1. The molecule has 4 aromatic carbocycles.